The third kappa shape index (κ3) is 2.76. The van der Waals surface area contributed by atoms with E-state index in [1.807, 2.05) is 18.2 Å². The van der Waals surface area contributed by atoms with Crippen LogP contribution in [0.15, 0.2) is 28.7 Å². The highest BCUT2D eigenvalue weighted by atomic mass is 16.4. The molecule has 0 atom stereocenters. The molecular weight excluding hydrogens is 268 g/mol. The fourth-order valence-corrected chi connectivity index (χ4v) is 2.66. The third-order valence-electron chi connectivity index (χ3n) is 3.83. The fourth-order valence-electron chi connectivity index (χ4n) is 2.66. The number of para-hydroxylation sites is 1. The molecule has 1 aliphatic carbocycles. The number of hydrogen-bond donors (Lipinski definition) is 1. The average Bonchev–Trinajstić information content (AvgIpc) is 3.25. The molecule has 0 radical (unpaired) electrons. The largest absolute Gasteiger partial charge is 0.475 e. The number of carboxylic acids is 1. The minimum Gasteiger partial charge on any atom is -0.475 e. The summed E-state index contributed by atoms with van der Waals surface area (Å²) in [6.07, 6.45) is 2.68. The van der Waals surface area contributed by atoms with Gasteiger partial charge in [-0.25, -0.2) is 4.79 Å². The van der Waals surface area contributed by atoms with E-state index in [4.69, 9.17) is 9.68 Å². The van der Waals surface area contributed by atoms with Crippen molar-refractivity contribution in [3.05, 3.63) is 35.6 Å². The Morgan fingerprint density at radius 2 is 2.19 bits per heavy atom. The number of rotatable bonds is 6. The van der Waals surface area contributed by atoms with Gasteiger partial charge in [0.1, 0.15) is 5.58 Å². The van der Waals surface area contributed by atoms with Crippen LogP contribution >= 0.6 is 0 Å². The van der Waals surface area contributed by atoms with Gasteiger partial charge in [0, 0.05) is 36.5 Å². The lowest BCUT2D eigenvalue weighted by atomic mass is 10.1. The molecular formula is C16H16N2O3. The standard InChI is InChI=1S/C16H16N2O3/c17-8-3-9-18(11-6-7-11)10-13-12-4-1-2-5-14(12)21-15(13)16(19)20/h1-2,4-5,11H,3,6-7,9-10H2,(H,19,20). The van der Waals surface area contributed by atoms with Crippen molar-refractivity contribution < 1.29 is 14.3 Å². The Kier molecular flexibility index (Phi) is 3.63. The second-order valence-corrected chi connectivity index (χ2v) is 5.32. The Balaban J connectivity index is 1.96. The third-order valence-corrected chi connectivity index (χ3v) is 3.83. The number of fused-ring (bicyclic) bond motifs is 1. The summed E-state index contributed by atoms with van der Waals surface area (Å²) in [7, 11) is 0. The SMILES string of the molecule is N#CCCN(Cc1c(C(=O)O)oc2ccccc12)C1CC1. The van der Waals surface area contributed by atoms with E-state index < -0.39 is 5.97 Å². The molecule has 1 aromatic carbocycles. The zero-order valence-corrected chi connectivity index (χ0v) is 11.6. The Morgan fingerprint density at radius 1 is 1.43 bits per heavy atom. The highest BCUT2D eigenvalue weighted by Crippen LogP contribution is 2.32. The second kappa shape index (κ2) is 5.58. The van der Waals surface area contributed by atoms with Crippen LogP contribution < -0.4 is 0 Å². The molecule has 21 heavy (non-hydrogen) atoms. The van der Waals surface area contributed by atoms with Gasteiger partial charge >= 0.3 is 5.97 Å². The van der Waals surface area contributed by atoms with E-state index in [-0.39, 0.29) is 5.76 Å². The lowest BCUT2D eigenvalue weighted by Gasteiger charge is -2.20. The van der Waals surface area contributed by atoms with E-state index in [1.165, 1.54) is 0 Å². The van der Waals surface area contributed by atoms with Crippen LogP contribution in [0.5, 0.6) is 0 Å². The predicted molar refractivity (Wildman–Crippen MR) is 76.8 cm³/mol. The normalized spacial score (nSPS) is 14.5. The van der Waals surface area contributed by atoms with Crippen molar-refractivity contribution in [2.45, 2.75) is 31.8 Å². The molecule has 0 bridgehead atoms. The molecule has 3 rings (SSSR count). The monoisotopic (exact) mass is 284 g/mol. The van der Waals surface area contributed by atoms with Crippen LogP contribution in [0.25, 0.3) is 11.0 Å². The molecule has 1 aliphatic rings. The van der Waals surface area contributed by atoms with Crippen LogP contribution in [0.3, 0.4) is 0 Å². The number of furan rings is 1. The van der Waals surface area contributed by atoms with Crippen LogP contribution in [0.2, 0.25) is 0 Å². The van der Waals surface area contributed by atoms with Crippen LogP contribution in [0.4, 0.5) is 0 Å². The summed E-state index contributed by atoms with van der Waals surface area (Å²) in [5.41, 5.74) is 1.31. The van der Waals surface area contributed by atoms with Gasteiger partial charge in [0.25, 0.3) is 0 Å². The van der Waals surface area contributed by atoms with Gasteiger partial charge in [0.2, 0.25) is 5.76 Å². The highest BCUT2D eigenvalue weighted by molar-refractivity contribution is 5.95. The first-order chi connectivity index (χ1) is 10.2. The van der Waals surface area contributed by atoms with Crippen molar-refractivity contribution in [3.63, 3.8) is 0 Å². The van der Waals surface area contributed by atoms with Crippen molar-refractivity contribution in [1.29, 1.82) is 5.26 Å². The van der Waals surface area contributed by atoms with Crippen LogP contribution in [-0.4, -0.2) is 28.6 Å². The zero-order chi connectivity index (χ0) is 14.8. The van der Waals surface area contributed by atoms with Crippen LogP contribution in [0.1, 0.15) is 35.4 Å². The molecule has 1 N–H and O–H groups in total. The summed E-state index contributed by atoms with van der Waals surface area (Å²) in [4.78, 5) is 13.6. The molecule has 2 aromatic rings. The van der Waals surface area contributed by atoms with Crippen LogP contribution in [0, 0.1) is 11.3 Å². The maximum absolute atomic E-state index is 11.4. The van der Waals surface area contributed by atoms with Crippen molar-refractivity contribution in [1.82, 2.24) is 4.90 Å². The average molecular weight is 284 g/mol. The molecule has 108 valence electrons. The maximum atomic E-state index is 11.4. The molecule has 0 unspecified atom stereocenters. The highest BCUT2D eigenvalue weighted by Gasteiger charge is 2.31. The number of carbonyl (C=O) groups is 1. The molecule has 1 fully saturated rings. The number of carboxylic acid groups (broad SMARTS) is 1. The van der Waals surface area contributed by atoms with E-state index in [0.29, 0.717) is 36.7 Å². The topological polar surface area (TPSA) is 77.5 Å². The van der Waals surface area contributed by atoms with Gasteiger partial charge in [-0.2, -0.15) is 5.26 Å². The van der Waals surface area contributed by atoms with E-state index in [0.717, 1.165) is 18.2 Å². The van der Waals surface area contributed by atoms with Gasteiger partial charge in [-0.15, -0.1) is 0 Å². The van der Waals surface area contributed by atoms with E-state index in [1.54, 1.807) is 6.07 Å². The van der Waals surface area contributed by atoms with Gasteiger partial charge in [-0.1, -0.05) is 18.2 Å². The molecule has 0 spiro atoms. The number of nitriles is 1. The number of aromatic carboxylic acids is 1. The summed E-state index contributed by atoms with van der Waals surface area (Å²) < 4.78 is 5.47. The molecule has 0 aliphatic heterocycles. The number of nitrogens with zero attached hydrogens (tertiary/aromatic N) is 2. The zero-order valence-electron chi connectivity index (χ0n) is 11.6. The van der Waals surface area contributed by atoms with Gasteiger partial charge in [-0.05, 0) is 18.9 Å². The molecule has 0 saturated heterocycles. The smallest absolute Gasteiger partial charge is 0.372 e. The summed E-state index contributed by atoms with van der Waals surface area (Å²) >= 11 is 0. The van der Waals surface area contributed by atoms with Crippen LogP contribution in [-0.2, 0) is 6.54 Å². The molecule has 5 nitrogen and oxygen atoms in total. The first kappa shape index (κ1) is 13.7. The van der Waals surface area contributed by atoms with Gasteiger partial charge < -0.3 is 9.52 Å². The molecule has 0 amide bonds. The fraction of sp³-hybridized carbons (Fsp3) is 0.375. The van der Waals surface area contributed by atoms with Crippen molar-refractivity contribution in [2.75, 3.05) is 6.54 Å². The number of benzene rings is 1. The summed E-state index contributed by atoms with van der Waals surface area (Å²) in [6, 6.07) is 9.99. The van der Waals surface area contributed by atoms with Crippen molar-refractivity contribution >= 4 is 16.9 Å². The Morgan fingerprint density at radius 3 is 2.86 bits per heavy atom. The Hall–Kier alpha value is -2.32. The van der Waals surface area contributed by atoms with Crippen molar-refractivity contribution in [2.24, 2.45) is 0 Å². The van der Waals surface area contributed by atoms with Gasteiger partial charge in [0.15, 0.2) is 0 Å². The number of hydrogen-bond acceptors (Lipinski definition) is 4. The lowest BCUT2D eigenvalue weighted by molar-refractivity contribution is 0.0661. The van der Waals surface area contributed by atoms with E-state index in [2.05, 4.69) is 11.0 Å². The van der Waals surface area contributed by atoms with Gasteiger partial charge in [-0.3, -0.25) is 4.90 Å². The minimum atomic E-state index is -1.04. The molecule has 1 saturated carbocycles. The second-order valence-electron chi connectivity index (χ2n) is 5.32. The Bertz CT molecular complexity index is 710. The summed E-state index contributed by atoms with van der Waals surface area (Å²) in [5.74, 6) is -1.03. The quantitative estimate of drug-likeness (QED) is 0.882. The van der Waals surface area contributed by atoms with E-state index >= 15 is 0 Å². The van der Waals surface area contributed by atoms with Crippen molar-refractivity contribution in [3.8, 4) is 6.07 Å². The first-order valence-electron chi connectivity index (χ1n) is 7.05. The summed E-state index contributed by atoms with van der Waals surface area (Å²) in [5, 5.41) is 19.0. The molecule has 1 heterocycles. The first-order valence-corrected chi connectivity index (χ1v) is 7.05. The van der Waals surface area contributed by atoms with E-state index in [9.17, 15) is 9.90 Å². The van der Waals surface area contributed by atoms with Gasteiger partial charge in [0.05, 0.1) is 6.07 Å². The Labute approximate surface area is 122 Å². The minimum absolute atomic E-state index is 0.0128. The molecule has 1 aromatic heterocycles. The summed E-state index contributed by atoms with van der Waals surface area (Å²) in [6.45, 7) is 1.19. The molecule has 5 heteroatoms. The maximum Gasteiger partial charge on any atom is 0.372 e. The predicted octanol–water partition coefficient (Wildman–Crippen LogP) is 3.01. The lowest BCUT2D eigenvalue weighted by Crippen LogP contribution is -2.27.